The minimum absolute atomic E-state index is 0.0109. The van der Waals surface area contributed by atoms with Gasteiger partial charge in [-0.1, -0.05) is 116 Å². The van der Waals surface area contributed by atoms with Crippen LogP contribution in [0.15, 0.2) is 127 Å². The number of hydrogen-bond donors (Lipinski definition) is 15. The van der Waals surface area contributed by atoms with Crippen molar-refractivity contribution >= 4 is 111 Å². The van der Waals surface area contributed by atoms with Crippen LogP contribution in [0.3, 0.4) is 0 Å². The first-order valence-electron chi connectivity index (χ1n) is 35.9. The zero-order valence-corrected chi connectivity index (χ0v) is 61.7. The number of pyridine rings is 1. The van der Waals surface area contributed by atoms with Gasteiger partial charge in [0.2, 0.25) is 82.7 Å². The van der Waals surface area contributed by atoms with Gasteiger partial charge >= 0.3 is 6.03 Å². The molecule has 0 bridgehead atoms. The maximum Gasteiger partial charge on any atom is 0.312 e. The van der Waals surface area contributed by atoms with E-state index in [1.165, 1.54) is 30.3 Å². The van der Waals surface area contributed by atoms with Crippen molar-refractivity contribution < 1.29 is 71.9 Å². The first kappa shape index (κ1) is 85.2. The molecule has 110 heavy (non-hydrogen) atoms. The van der Waals surface area contributed by atoms with Crippen LogP contribution in [0.4, 0.5) is 4.79 Å². The Morgan fingerprint density at radius 1 is 0.645 bits per heavy atom. The van der Waals surface area contributed by atoms with Crippen LogP contribution in [0.25, 0.3) is 21.2 Å². The predicted molar refractivity (Wildman–Crippen MR) is 401 cm³/mol. The fourth-order valence-electron chi connectivity index (χ4n) is 12.6. The summed E-state index contributed by atoms with van der Waals surface area (Å²) >= 11 is 6.25. The van der Waals surface area contributed by atoms with Crippen molar-refractivity contribution in [3.63, 3.8) is 0 Å². The maximum atomic E-state index is 15.1. The molecule has 0 saturated carbocycles. The average molecular weight is 1540 g/mol. The monoisotopic (exact) mass is 1540 g/mol. The molecule has 36 heteroatoms. The van der Waals surface area contributed by atoms with E-state index in [0.29, 0.717) is 33.7 Å². The molecular weight excluding hydrogens is 1440 g/mol. The fraction of sp³-hybridized carbons (Fsp3) is 0.432. The van der Waals surface area contributed by atoms with Crippen molar-refractivity contribution in [3.05, 3.63) is 159 Å². The third kappa shape index (κ3) is 27.0. The molecule has 7 rings (SSSR count). The molecule has 2 aliphatic rings. The smallest absolute Gasteiger partial charge is 0.312 e. The van der Waals surface area contributed by atoms with Crippen molar-refractivity contribution in [2.45, 2.75) is 171 Å². The third-order valence-electron chi connectivity index (χ3n) is 18.1. The van der Waals surface area contributed by atoms with Crippen molar-refractivity contribution in [2.24, 2.45) is 28.2 Å². The van der Waals surface area contributed by atoms with Crippen LogP contribution in [0, 0.1) is 5.92 Å². The molecule has 586 valence electrons. The summed E-state index contributed by atoms with van der Waals surface area (Å²) < 4.78 is 0. The van der Waals surface area contributed by atoms with E-state index in [-0.39, 0.29) is 89.9 Å². The van der Waals surface area contributed by atoms with Crippen molar-refractivity contribution in [1.29, 1.82) is 0 Å². The highest BCUT2D eigenvalue weighted by Crippen LogP contribution is 2.22. The third-order valence-corrected chi connectivity index (χ3v) is 18.4. The Balaban J connectivity index is 1.23. The lowest BCUT2D eigenvalue weighted by Crippen LogP contribution is -2.61. The average Bonchev–Trinajstić information content (AvgIpc) is 1.52. The lowest BCUT2D eigenvalue weighted by atomic mass is 9.99. The molecule has 0 radical (unpaired) electrons. The lowest BCUT2D eigenvalue weighted by Gasteiger charge is -2.31. The minimum atomic E-state index is -2.10. The van der Waals surface area contributed by atoms with Crippen LogP contribution in [0.2, 0.25) is 5.02 Å². The summed E-state index contributed by atoms with van der Waals surface area (Å²) in [6.07, 6.45) is -0.802. The Bertz CT molecular complexity index is 4190. The summed E-state index contributed by atoms with van der Waals surface area (Å²) in [5.74, 6) is -13.8. The molecule has 5 aromatic rings. The quantitative estimate of drug-likeness (QED) is 0.0119. The summed E-state index contributed by atoms with van der Waals surface area (Å²) in [6, 6.07) is 12.9. The van der Waals surface area contributed by atoms with Gasteiger partial charge < -0.3 is 85.9 Å². The normalized spacial score (nSPS) is 19.3. The van der Waals surface area contributed by atoms with E-state index in [9.17, 15) is 63.1 Å². The van der Waals surface area contributed by atoms with E-state index in [4.69, 9.17) is 28.8 Å². The minimum Gasteiger partial charge on any atom is -0.368 e. The van der Waals surface area contributed by atoms with E-state index in [1.54, 1.807) is 80.6 Å². The SMILES string of the molecule is CC(=O)N[C@H](Cc1ccc2ccccc2c1)C(=O)N[C@H](Cc1ccc(Cl)cc1)C(=O)N[C@H](Cc1cccnc1)C(=O)N[C@@H](CC(=O)N=[N+]=[N-])C(=O)N[C@H]1CCC(=O)N[C@@H](Cc2ccccc2)C(=O)NCC[C@@H](C(=O)N2CCC[C@H]2C(=O)NC(CN)C(N)=O)NC(=O)[C@H](CC(C)C)NC(=O)[C@@H](CCCNC(N)=O)NC1=O. The van der Waals surface area contributed by atoms with Gasteiger partial charge in [-0.3, -0.25) is 72.1 Å². The van der Waals surface area contributed by atoms with Crippen LogP contribution >= 0.6 is 11.6 Å². The number of carbonyl (C=O) groups is 15. The molecule has 11 atom stereocenters. The summed E-state index contributed by atoms with van der Waals surface area (Å²) in [7, 11) is 0. The molecule has 1 aromatic heterocycles. The number of urea groups is 1. The van der Waals surface area contributed by atoms with E-state index in [1.807, 2.05) is 36.4 Å². The van der Waals surface area contributed by atoms with Crippen LogP contribution in [-0.2, 0) is 92.8 Å². The molecular formula is C74H93ClN20O15. The number of hydrogen-bond acceptors (Lipinski definition) is 17. The highest BCUT2D eigenvalue weighted by Gasteiger charge is 2.41. The second-order valence-corrected chi connectivity index (χ2v) is 27.6. The number of likely N-dealkylation sites (tertiary alicyclic amines) is 1. The Labute approximate surface area is 638 Å². The summed E-state index contributed by atoms with van der Waals surface area (Å²) in [5, 5.41) is 36.3. The topological polar surface area (TPSA) is 543 Å². The van der Waals surface area contributed by atoms with Gasteiger partial charge in [-0.15, -0.1) is 0 Å². The van der Waals surface area contributed by atoms with Crippen molar-refractivity contribution in [3.8, 4) is 0 Å². The second kappa shape index (κ2) is 42.4. The van der Waals surface area contributed by atoms with Gasteiger partial charge in [0.1, 0.15) is 66.5 Å². The first-order valence-corrected chi connectivity index (χ1v) is 36.3. The summed E-state index contributed by atoms with van der Waals surface area (Å²) in [4.78, 5) is 220. The van der Waals surface area contributed by atoms with E-state index in [2.05, 4.69) is 78.8 Å². The van der Waals surface area contributed by atoms with Crippen LogP contribution < -0.4 is 81.0 Å². The number of amides is 16. The number of benzene rings is 4. The number of nitrogens with zero attached hydrogens (tertiary/aromatic N) is 5. The first-order chi connectivity index (χ1) is 52.6. The number of halogens is 1. The van der Waals surface area contributed by atoms with Gasteiger partial charge in [0.25, 0.3) is 0 Å². The van der Waals surface area contributed by atoms with E-state index >= 15 is 14.4 Å². The van der Waals surface area contributed by atoms with Gasteiger partial charge in [0.05, 0.1) is 0 Å². The van der Waals surface area contributed by atoms with Crippen molar-refractivity contribution in [1.82, 2.24) is 73.7 Å². The highest BCUT2D eigenvalue weighted by molar-refractivity contribution is 6.30. The van der Waals surface area contributed by atoms with Gasteiger partial charge in [0.15, 0.2) is 0 Å². The summed E-state index contributed by atoms with van der Waals surface area (Å²) in [6.45, 7) is 3.81. The van der Waals surface area contributed by atoms with Crippen LogP contribution in [-0.4, -0.2) is 191 Å². The molecule has 18 N–H and O–H groups in total. The highest BCUT2D eigenvalue weighted by atomic mass is 35.5. The van der Waals surface area contributed by atoms with Crippen LogP contribution in [0.5, 0.6) is 0 Å². The number of carbonyl (C=O) groups excluding carboxylic acids is 15. The van der Waals surface area contributed by atoms with E-state index in [0.717, 1.165) is 10.8 Å². The summed E-state index contributed by atoms with van der Waals surface area (Å²) in [5.41, 5.74) is 28.0. The van der Waals surface area contributed by atoms with Gasteiger partial charge in [-0.2, -0.15) is 0 Å². The number of nitrogens with one attached hydrogen (secondary N) is 12. The number of rotatable bonds is 30. The number of nitrogens with two attached hydrogens (primary N) is 3. The Morgan fingerprint density at radius 3 is 1.90 bits per heavy atom. The van der Waals surface area contributed by atoms with Crippen LogP contribution in [0.1, 0.15) is 101 Å². The molecule has 0 spiro atoms. The molecule has 2 saturated heterocycles. The fourth-order valence-corrected chi connectivity index (χ4v) is 12.7. The molecule has 3 heterocycles. The molecule has 2 aliphatic heterocycles. The predicted octanol–water partition coefficient (Wildman–Crippen LogP) is -0.517. The second-order valence-electron chi connectivity index (χ2n) is 27.1. The largest absolute Gasteiger partial charge is 0.368 e. The molecule has 0 aliphatic carbocycles. The van der Waals surface area contributed by atoms with Crippen molar-refractivity contribution in [2.75, 3.05) is 26.2 Å². The Morgan fingerprint density at radius 2 is 1.26 bits per heavy atom. The molecule has 35 nitrogen and oxygen atoms in total. The molecule has 1 unspecified atom stereocenters. The Hall–Kier alpha value is -12.1. The van der Waals surface area contributed by atoms with Gasteiger partial charge in [-0.05, 0) is 113 Å². The standard InChI is InChI=1S/C74H93ClN20O15/c1-41(2)32-53-67(103)87-52(73(109)95-31-11-18-60(95)72(108)92-59(39-76)63(77)99)27-30-81-64(100)54(34-43-12-5-4-6-13-43)84-61(97)26-25-51(66(102)85-50(65(101)88-53)17-10-29-82-74(78)110)86-71(107)58(38-62(98)93-94-79)91-70(106)57(37-46-14-9-28-80-40-46)90-69(105)56(35-44-20-23-49(75)24-21-44)89-68(104)55(83-42(3)96)36-45-19-22-47-15-7-8-16-48(47)33-45/h4-9,12-16,19-24,28,33,40-41,50-60H,10-11,17-18,25-27,29-32,34-39,76H2,1-3H3,(H2,77,99)(H,81,100)(H,83,96)(H,84,97)(H,85,102)(H,86,107)(H,87,103)(H,88,101)(H,89,104)(H,90,105)(H,91,106)(H,92,108)(H3,78,82,110)/t50-,51+,52+,53+,54+,55-,56-,57-,58+,59?,60+/m1/s1. The van der Waals surface area contributed by atoms with Gasteiger partial charge in [0, 0.05) is 94.0 Å². The van der Waals surface area contributed by atoms with E-state index < -0.39 is 174 Å². The number of fused-ring (bicyclic) bond motifs is 1. The zero-order chi connectivity index (χ0) is 80.0. The maximum absolute atomic E-state index is 15.1. The molecule has 4 aromatic carbocycles. The number of aromatic nitrogens is 1. The van der Waals surface area contributed by atoms with Gasteiger partial charge in [-0.25, -0.2) is 4.79 Å². The number of azide groups is 1. The molecule has 2 fully saturated rings. The lowest BCUT2D eigenvalue weighted by molar-refractivity contribution is -0.142. The Kier molecular flexibility index (Phi) is 32.9. The molecule has 16 amide bonds. The number of primary amides is 2. The zero-order valence-electron chi connectivity index (χ0n) is 61.0.